The van der Waals surface area contributed by atoms with Crippen LogP contribution >= 0.6 is 0 Å². The molecule has 0 radical (unpaired) electrons. The fraction of sp³-hybridized carbons (Fsp3) is 0.708. The molecule has 0 aromatic heterocycles. The van der Waals surface area contributed by atoms with E-state index >= 15 is 0 Å². The molecular weight excluding hydrogens is 397 g/mol. The topological polar surface area (TPSA) is 45.3 Å². The molecule has 1 aromatic carbocycles. The van der Waals surface area contributed by atoms with E-state index < -0.39 is 0 Å². The fourth-order valence-electron chi connectivity index (χ4n) is 4.79. The van der Waals surface area contributed by atoms with E-state index in [4.69, 9.17) is 9.47 Å². The molecule has 0 N–H and O–H groups in total. The highest BCUT2D eigenvalue weighted by atomic mass is 19.1. The van der Waals surface area contributed by atoms with Gasteiger partial charge in [-0.3, -0.25) is 9.80 Å². The lowest BCUT2D eigenvalue weighted by molar-refractivity contribution is 0.0477. The number of nitrogens with zero attached hydrogens (tertiary/aromatic N) is 3. The molecule has 3 rings (SSSR count). The van der Waals surface area contributed by atoms with Crippen molar-refractivity contribution < 1.29 is 18.7 Å². The van der Waals surface area contributed by atoms with Gasteiger partial charge in [-0.2, -0.15) is 0 Å². The molecule has 0 saturated carbocycles. The molecule has 0 unspecified atom stereocenters. The lowest BCUT2D eigenvalue weighted by atomic mass is 9.94. The molecule has 2 aliphatic heterocycles. The van der Waals surface area contributed by atoms with Gasteiger partial charge in [0.1, 0.15) is 5.82 Å². The van der Waals surface area contributed by atoms with Gasteiger partial charge in [-0.1, -0.05) is 18.2 Å². The van der Waals surface area contributed by atoms with Gasteiger partial charge < -0.3 is 14.4 Å². The molecule has 0 aliphatic carbocycles. The largest absolute Gasteiger partial charge is 0.450 e. The summed E-state index contributed by atoms with van der Waals surface area (Å²) in [6, 6.07) is 7.57. The lowest BCUT2D eigenvalue weighted by Crippen LogP contribution is -2.49. The molecule has 2 fully saturated rings. The van der Waals surface area contributed by atoms with Crippen LogP contribution in [-0.2, 0) is 16.0 Å². The summed E-state index contributed by atoms with van der Waals surface area (Å²) in [5.41, 5.74) is 0.788. The van der Waals surface area contributed by atoms with E-state index in [-0.39, 0.29) is 11.9 Å². The number of rotatable bonds is 9. The summed E-state index contributed by atoms with van der Waals surface area (Å²) in [6.45, 7) is 9.23. The molecule has 2 saturated heterocycles. The van der Waals surface area contributed by atoms with Crippen LogP contribution in [0.1, 0.15) is 38.2 Å². The Morgan fingerprint density at radius 1 is 1.13 bits per heavy atom. The zero-order chi connectivity index (χ0) is 22.1. The van der Waals surface area contributed by atoms with Crippen molar-refractivity contribution in [1.82, 2.24) is 14.7 Å². The molecule has 0 spiro atoms. The number of likely N-dealkylation sites (tertiary alicyclic amines) is 2. The zero-order valence-electron chi connectivity index (χ0n) is 19.1. The Morgan fingerprint density at radius 3 is 2.48 bits per heavy atom. The highest BCUT2D eigenvalue weighted by Gasteiger charge is 2.30. The van der Waals surface area contributed by atoms with Crippen molar-refractivity contribution in [2.45, 2.75) is 45.2 Å². The van der Waals surface area contributed by atoms with Crippen LogP contribution in [0.15, 0.2) is 24.3 Å². The number of carbonyl (C=O) groups excluding carboxylic acids is 1. The lowest BCUT2D eigenvalue weighted by Gasteiger charge is -2.41. The summed E-state index contributed by atoms with van der Waals surface area (Å²) in [4.78, 5) is 18.8. The number of hydrogen-bond donors (Lipinski definition) is 0. The van der Waals surface area contributed by atoms with Gasteiger partial charge >= 0.3 is 6.09 Å². The van der Waals surface area contributed by atoms with E-state index in [1.807, 2.05) is 24.0 Å². The Morgan fingerprint density at radius 2 is 1.84 bits per heavy atom. The number of benzene rings is 1. The van der Waals surface area contributed by atoms with Gasteiger partial charge in [0.05, 0.1) is 13.2 Å². The summed E-state index contributed by atoms with van der Waals surface area (Å²) in [5, 5.41) is 0. The molecule has 1 aromatic rings. The van der Waals surface area contributed by atoms with Gasteiger partial charge in [0.25, 0.3) is 0 Å². The predicted molar refractivity (Wildman–Crippen MR) is 119 cm³/mol. The maximum atomic E-state index is 14.0. The van der Waals surface area contributed by atoms with Crippen LogP contribution in [0, 0.1) is 11.7 Å². The number of piperidine rings is 2. The number of hydrogen-bond acceptors (Lipinski definition) is 5. The maximum absolute atomic E-state index is 14.0. The summed E-state index contributed by atoms with van der Waals surface area (Å²) >= 11 is 0. The highest BCUT2D eigenvalue weighted by Crippen LogP contribution is 2.24. The van der Waals surface area contributed by atoms with Crippen molar-refractivity contribution in [2.24, 2.45) is 5.92 Å². The molecule has 7 heteroatoms. The minimum atomic E-state index is -0.188. The van der Waals surface area contributed by atoms with Crippen molar-refractivity contribution >= 4 is 6.09 Å². The monoisotopic (exact) mass is 435 g/mol. The summed E-state index contributed by atoms with van der Waals surface area (Å²) < 4.78 is 24.5. The normalized spacial score (nSPS) is 19.2. The van der Waals surface area contributed by atoms with E-state index in [2.05, 4.69) is 9.80 Å². The van der Waals surface area contributed by atoms with Crippen LogP contribution in [0.25, 0.3) is 0 Å². The third kappa shape index (κ3) is 7.16. The Kier molecular flexibility index (Phi) is 9.55. The first-order valence-corrected chi connectivity index (χ1v) is 11.7. The first-order valence-electron chi connectivity index (χ1n) is 11.7. The number of ether oxygens (including phenoxy) is 2. The number of halogens is 1. The molecule has 0 bridgehead atoms. The second-order valence-corrected chi connectivity index (χ2v) is 8.72. The quantitative estimate of drug-likeness (QED) is 0.593. The molecule has 31 heavy (non-hydrogen) atoms. The van der Waals surface area contributed by atoms with Crippen molar-refractivity contribution in [3.8, 4) is 0 Å². The van der Waals surface area contributed by atoms with E-state index in [9.17, 15) is 9.18 Å². The molecule has 2 heterocycles. The molecule has 0 atom stereocenters. The SMILES string of the molecule is CCOC(=O)N1CCC(N(CCOC)CC2CCN(Cc3ccccc3F)CC2)CC1. The standard InChI is InChI=1S/C24H38FN3O3/c1-3-31-24(29)27-14-10-22(11-15-27)28(16-17-30-2)18-20-8-12-26(13-9-20)19-21-6-4-5-7-23(21)25/h4-7,20,22H,3,8-19H2,1-2H3. The van der Waals surface area contributed by atoms with E-state index in [1.54, 1.807) is 19.2 Å². The average molecular weight is 436 g/mol. The van der Waals surface area contributed by atoms with Gasteiger partial charge in [-0.15, -0.1) is 0 Å². The van der Waals surface area contributed by atoms with Crippen molar-refractivity contribution in [3.63, 3.8) is 0 Å². The fourth-order valence-corrected chi connectivity index (χ4v) is 4.79. The van der Waals surface area contributed by atoms with Gasteiger partial charge in [-0.05, 0) is 57.7 Å². The molecule has 2 aliphatic rings. The van der Waals surface area contributed by atoms with Crippen LogP contribution in [0.5, 0.6) is 0 Å². The zero-order valence-corrected chi connectivity index (χ0v) is 19.1. The molecule has 1 amide bonds. The third-order valence-corrected chi connectivity index (χ3v) is 6.64. The van der Waals surface area contributed by atoms with E-state index in [0.29, 0.717) is 25.1 Å². The Hall–Kier alpha value is -1.70. The Labute approximate surface area is 186 Å². The van der Waals surface area contributed by atoms with Crippen LogP contribution in [-0.4, -0.2) is 86.4 Å². The molecule has 174 valence electrons. The first kappa shape index (κ1) is 24.0. The Bertz CT molecular complexity index is 674. The smallest absolute Gasteiger partial charge is 0.409 e. The van der Waals surface area contributed by atoms with Crippen molar-refractivity contribution in [1.29, 1.82) is 0 Å². The van der Waals surface area contributed by atoms with Crippen molar-refractivity contribution in [2.75, 3.05) is 59.6 Å². The van der Waals surface area contributed by atoms with Crippen LogP contribution in [0.3, 0.4) is 0 Å². The highest BCUT2D eigenvalue weighted by molar-refractivity contribution is 5.67. The Balaban J connectivity index is 1.47. The van der Waals surface area contributed by atoms with Crippen LogP contribution in [0.2, 0.25) is 0 Å². The minimum Gasteiger partial charge on any atom is -0.450 e. The molecule has 6 nitrogen and oxygen atoms in total. The van der Waals surface area contributed by atoms with Gasteiger partial charge in [0, 0.05) is 51.4 Å². The molecular formula is C24H38FN3O3. The van der Waals surface area contributed by atoms with Gasteiger partial charge in [0.15, 0.2) is 0 Å². The summed E-state index contributed by atoms with van der Waals surface area (Å²) in [5.74, 6) is 0.543. The van der Waals surface area contributed by atoms with Crippen molar-refractivity contribution in [3.05, 3.63) is 35.6 Å². The number of methoxy groups -OCH3 is 1. The minimum absolute atomic E-state index is 0.107. The van der Waals surface area contributed by atoms with E-state index in [0.717, 1.165) is 77.1 Å². The second-order valence-electron chi connectivity index (χ2n) is 8.72. The first-order chi connectivity index (χ1) is 15.1. The summed E-state index contributed by atoms with van der Waals surface area (Å²) in [6.07, 6.45) is 4.05. The van der Waals surface area contributed by atoms with E-state index in [1.165, 1.54) is 0 Å². The number of amides is 1. The second kappa shape index (κ2) is 12.4. The van der Waals surface area contributed by atoms with Gasteiger partial charge in [0.2, 0.25) is 0 Å². The maximum Gasteiger partial charge on any atom is 0.409 e. The predicted octanol–water partition coefficient (Wildman–Crippen LogP) is 3.61. The van der Waals surface area contributed by atoms with Crippen LogP contribution < -0.4 is 0 Å². The third-order valence-electron chi connectivity index (χ3n) is 6.64. The van der Waals surface area contributed by atoms with Crippen LogP contribution in [0.4, 0.5) is 9.18 Å². The summed E-state index contributed by atoms with van der Waals surface area (Å²) in [7, 11) is 1.75. The number of carbonyl (C=O) groups is 1. The van der Waals surface area contributed by atoms with Gasteiger partial charge in [-0.25, -0.2) is 9.18 Å². The average Bonchev–Trinajstić information content (AvgIpc) is 2.79.